The van der Waals surface area contributed by atoms with Gasteiger partial charge in [-0.05, 0) is 24.1 Å². The number of benzene rings is 1. The number of ether oxygens (including phenoxy) is 1. The second-order valence-corrected chi connectivity index (χ2v) is 4.53. The molecule has 19 heavy (non-hydrogen) atoms. The normalized spacial score (nSPS) is 11.0. The van der Waals surface area contributed by atoms with Gasteiger partial charge in [-0.1, -0.05) is 30.3 Å². The Morgan fingerprint density at radius 1 is 1.11 bits per heavy atom. The summed E-state index contributed by atoms with van der Waals surface area (Å²) in [5.74, 6) is 0. The minimum Gasteiger partial charge on any atom is -0.384 e. The summed E-state index contributed by atoms with van der Waals surface area (Å²) < 4.78 is 7.12. The van der Waals surface area contributed by atoms with Crippen molar-refractivity contribution in [3.8, 4) is 11.3 Å². The molecule has 3 nitrogen and oxygen atoms in total. The molecule has 0 aliphatic heterocycles. The molecule has 0 saturated heterocycles. The van der Waals surface area contributed by atoms with E-state index in [-0.39, 0.29) is 0 Å². The third kappa shape index (κ3) is 2.51. The van der Waals surface area contributed by atoms with Crippen molar-refractivity contribution in [1.82, 2.24) is 9.38 Å². The molecule has 0 bridgehead atoms. The Morgan fingerprint density at radius 3 is 2.68 bits per heavy atom. The van der Waals surface area contributed by atoms with Gasteiger partial charge in [-0.3, -0.25) is 0 Å². The van der Waals surface area contributed by atoms with Crippen LogP contribution in [-0.4, -0.2) is 23.1 Å². The molecule has 96 valence electrons. The van der Waals surface area contributed by atoms with E-state index in [0.717, 1.165) is 29.9 Å². The average Bonchev–Trinajstić information content (AvgIpc) is 2.89. The zero-order chi connectivity index (χ0) is 13.1. The van der Waals surface area contributed by atoms with Gasteiger partial charge in [0.25, 0.3) is 0 Å². The topological polar surface area (TPSA) is 26.5 Å². The van der Waals surface area contributed by atoms with E-state index in [1.165, 1.54) is 5.56 Å². The SMILES string of the molecule is COCCc1ccc(-c2cn3ccccc3n2)cc1. The summed E-state index contributed by atoms with van der Waals surface area (Å²) in [5, 5.41) is 0. The van der Waals surface area contributed by atoms with Gasteiger partial charge in [-0.15, -0.1) is 0 Å². The van der Waals surface area contributed by atoms with Crippen LogP contribution in [0.25, 0.3) is 16.9 Å². The summed E-state index contributed by atoms with van der Waals surface area (Å²) in [7, 11) is 1.73. The van der Waals surface area contributed by atoms with Crippen molar-refractivity contribution < 1.29 is 4.74 Å². The molecule has 0 fully saturated rings. The second-order valence-electron chi connectivity index (χ2n) is 4.53. The molecule has 0 amide bonds. The predicted molar refractivity (Wildman–Crippen MR) is 76.2 cm³/mol. The van der Waals surface area contributed by atoms with E-state index in [4.69, 9.17) is 4.74 Å². The predicted octanol–water partition coefficient (Wildman–Crippen LogP) is 3.19. The lowest BCUT2D eigenvalue weighted by atomic mass is 10.1. The number of hydrogen-bond donors (Lipinski definition) is 0. The zero-order valence-electron chi connectivity index (χ0n) is 10.9. The number of pyridine rings is 1. The number of fused-ring (bicyclic) bond motifs is 1. The van der Waals surface area contributed by atoms with E-state index >= 15 is 0 Å². The first kappa shape index (κ1) is 11.9. The molecule has 0 aliphatic rings. The van der Waals surface area contributed by atoms with Crippen LogP contribution in [0.15, 0.2) is 54.9 Å². The van der Waals surface area contributed by atoms with Crippen LogP contribution >= 0.6 is 0 Å². The summed E-state index contributed by atoms with van der Waals surface area (Å²) in [5.41, 5.74) is 4.41. The molecule has 0 N–H and O–H groups in total. The number of methoxy groups -OCH3 is 1. The van der Waals surface area contributed by atoms with Crippen LogP contribution in [0.3, 0.4) is 0 Å². The minimum absolute atomic E-state index is 0.758. The van der Waals surface area contributed by atoms with Gasteiger partial charge in [-0.2, -0.15) is 0 Å². The fourth-order valence-electron chi connectivity index (χ4n) is 2.14. The molecule has 2 aromatic heterocycles. The van der Waals surface area contributed by atoms with Gasteiger partial charge in [0, 0.05) is 25.1 Å². The number of hydrogen-bond acceptors (Lipinski definition) is 2. The molecule has 3 rings (SSSR count). The Morgan fingerprint density at radius 2 is 1.95 bits per heavy atom. The first-order chi connectivity index (χ1) is 9.36. The average molecular weight is 252 g/mol. The van der Waals surface area contributed by atoms with Crippen molar-refractivity contribution in [2.24, 2.45) is 0 Å². The van der Waals surface area contributed by atoms with Gasteiger partial charge < -0.3 is 9.14 Å². The fraction of sp³-hybridized carbons (Fsp3) is 0.188. The van der Waals surface area contributed by atoms with E-state index in [9.17, 15) is 0 Å². The Kier molecular flexibility index (Phi) is 3.29. The van der Waals surface area contributed by atoms with Gasteiger partial charge in [0.05, 0.1) is 12.3 Å². The van der Waals surface area contributed by atoms with Crippen molar-refractivity contribution >= 4 is 5.65 Å². The molecular formula is C16H16N2O. The minimum atomic E-state index is 0.758. The van der Waals surface area contributed by atoms with Crippen LogP contribution in [0.5, 0.6) is 0 Å². The molecule has 0 radical (unpaired) electrons. The summed E-state index contributed by atoms with van der Waals surface area (Å²) in [6, 6.07) is 14.5. The highest BCUT2D eigenvalue weighted by Crippen LogP contribution is 2.19. The fourth-order valence-corrected chi connectivity index (χ4v) is 2.14. The van der Waals surface area contributed by atoms with Crippen molar-refractivity contribution in [2.75, 3.05) is 13.7 Å². The van der Waals surface area contributed by atoms with Gasteiger partial charge in [-0.25, -0.2) is 4.98 Å². The summed E-state index contributed by atoms with van der Waals surface area (Å²) in [6.45, 7) is 0.758. The van der Waals surface area contributed by atoms with Gasteiger partial charge in [0.15, 0.2) is 0 Å². The first-order valence-electron chi connectivity index (χ1n) is 6.39. The van der Waals surface area contributed by atoms with Crippen molar-refractivity contribution in [3.05, 3.63) is 60.4 Å². The largest absolute Gasteiger partial charge is 0.384 e. The lowest BCUT2D eigenvalue weighted by molar-refractivity contribution is 0.202. The summed E-state index contributed by atoms with van der Waals surface area (Å²) >= 11 is 0. The maximum absolute atomic E-state index is 5.08. The van der Waals surface area contributed by atoms with Gasteiger partial charge in [0.1, 0.15) is 5.65 Å². The van der Waals surface area contributed by atoms with Crippen LogP contribution < -0.4 is 0 Å². The Labute approximate surface area is 112 Å². The van der Waals surface area contributed by atoms with Crippen molar-refractivity contribution in [3.63, 3.8) is 0 Å². The molecule has 0 aliphatic carbocycles. The van der Waals surface area contributed by atoms with Crippen LogP contribution in [0.4, 0.5) is 0 Å². The molecule has 1 aromatic carbocycles. The van der Waals surface area contributed by atoms with Crippen LogP contribution in [0.1, 0.15) is 5.56 Å². The first-order valence-corrected chi connectivity index (χ1v) is 6.39. The van der Waals surface area contributed by atoms with E-state index in [1.807, 2.05) is 28.8 Å². The Balaban J connectivity index is 1.88. The van der Waals surface area contributed by atoms with E-state index < -0.39 is 0 Å². The van der Waals surface area contributed by atoms with E-state index in [0.29, 0.717) is 0 Å². The highest BCUT2D eigenvalue weighted by atomic mass is 16.5. The van der Waals surface area contributed by atoms with Crippen LogP contribution in [0, 0.1) is 0 Å². The third-order valence-electron chi connectivity index (χ3n) is 3.21. The Hall–Kier alpha value is -2.13. The zero-order valence-corrected chi connectivity index (χ0v) is 10.9. The van der Waals surface area contributed by atoms with Crippen LogP contribution in [-0.2, 0) is 11.2 Å². The lowest BCUT2D eigenvalue weighted by Gasteiger charge is -2.01. The molecule has 0 unspecified atom stereocenters. The third-order valence-corrected chi connectivity index (χ3v) is 3.21. The highest BCUT2D eigenvalue weighted by molar-refractivity contribution is 5.62. The van der Waals surface area contributed by atoms with Gasteiger partial charge in [0.2, 0.25) is 0 Å². The number of aromatic nitrogens is 2. The summed E-state index contributed by atoms with van der Waals surface area (Å²) in [4.78, 5) is 4.61. The van der Waals surface area contributed by atoms with Crippen molar-refractivity contribution in [1.29, 1.82) is 0 Å². The van der Waals surface area contributed by atoms with Crippen molar-refractivity contribution in [2.45, 2.75) is 6.42 Å². The lowest BCUT2D eigenvalue weighted by Crippen LogP contribution is -1.93. The molecular weight excluding hydrogens is 236 g/mol. The van der Waals surface area contributed by atoms with Gasteiger partial charge >= 0.3 is 0 Å². The molecule has 0 saturated carbocycles. The highest BCUT2D eigenvalue weighted by Gasteiger charge is 2.03. The molecule has 3 aromatic rings. The molecule has 2 heterocycles. The molecule has 3 heteroatoms. The maximum atomic E-state index is 5.08. The molecule has 0 atom stereocenters. The standard InChI is InChI=1S/C16H16N2O/c1-19-11-9-13-5-7-14(8-6-13)15-12-18-10-3-2-4-16(18)17-15/h2-8,10,12H,9,11H2,1H3. The van der Waals surface area contributed by atoms with E-state index in [1.54, 1.807) is 7.11 Å². The second kappa shape index (κ2) is 5.24. The maximum Gasteiger partial charge on any atom is 0.137 e. The number of nitrogens with zero attached hydrogens (tertiary/aromatic N) is 2. The monoisotopic (exact) mass is 252 g/mol. The Bertz CT molecular complexity index is 638. The van der Waals surface area contributed by atoms with Crippen LogP contribution in [0.2, 0.25) is 0 Å². The quantitative estimate of drug-likeness (QED) is 0.713. The molecule has 0 spiro atoms. The summed E-state index contributed by atoms with van der Waals surface area (Å²) in [6.07, 6.45) is 5.01. The smallest absolute Gasteiger partial charge is 0.137 e. The number of imidazole rings is 1. The van der Waals surface area contributed by atoms with E-state index in [2.05, 4.69) is 35.4 Å². The number of rotatable bonds is 4.